The van der Waals surface area contributed by atoms with E-state index in [2.05, 4.69) is 30.6 Å². The van der Waals surface area contributed by atoms with Crippen molar-refractivity contribution in [3.05, 3.63) is 23.8 Å². The Kier molecular flexibility index (Phi) is 3.71. The van der Waals surface area contributed by atoms with E-state index in [0.29, 0.717) is 0 Å². The van der Waals surface area contributed by atoms with E-state index >= 15 is 0 Å². The fraction of sp³-hybridized carbons (Fsp3) is 0.667. The minimum Gasteiger partial charge on any atom is -0.371 e. The molecule has 1 aliphatic rings. The molecule has 3 nitrogen and oxygen atoms in total. The van der Waals surface area contributed by atoms with Crippen molar-refractivity contribution < 1.29 is 9.57 Å². The van der Waals surface area contributed by atoms with Gasteiger partial charge in [-0.3, -0.25) is 4.84 Å². The van der Waals surface area contributed by atoms with E-state index in [-0.39, 0.29) is 0 Å². The summed E-state index contributed by atoms with van der Waals surface area (Å²) in [5, 5.41) is 0. The maximum Gasteiger partial charge on any atom is 0.117 e. The first-order valence-electron chi connectivity index (χ1n) is 5.24. The van der Waals surface area contributed by atoms with Crippen LogP contribution in [0.1, 0.15) is 27.2 Å². The van der Waals surface area contributed by atoms with Crippen LogP contribution in [-0.2, 0) is 9.57 Å². The minimum absolute atomic E-state index is 0.417. The molecular weight excluding hydrogens is 190 g/mol. The highest BCUT2D eigenvalue weighted by molar-refractivity contribution is 5.33. The van der Waals surface area contributed by atoms with E-state index in [1.54, 1.807) is 14.2 Å². The molecule has 0 amide bonds. The van der Waals surface area contributed by atoms with Gasteiger partial charge in [-0.25, -0.2) is 5.48 Å². The third kappa shape index (κ3) is 2.14. The summed E-state index contributed by atoms with van der Waals surface area (Å²) in [5.74, 6) is 0. The Balaban J connectivity index is 2.93. The first-order valence-corrected chi connectivity index (χ1v) is 5.24. The molecule has 0 fully saturated rings. The van der Waals surface area contributed by atoms with Gasteiger partial charge in [0, 0.05) is 14.2 Å². The van der Waals surface area contributed by atoms with Crippen molar-refractivity contribution in [2.75, 3.05) is 14.2 Å². The van der Waals surface area contributed by atoms with Crippen LogP contribution in [0.2, 0.25) is 0 Å². The second kappa shape index (κ2) is 4.47. The van der Waals surface area contributed by atoms with Crippen molar-refractivity contribution in [1.82, 2.24) is 5.48 Å². The summed E-state index contributed by atoms with van der Waals surface area (Å²) in [6.45, 7) is 6.10. The lowest BCUT2D eigenvalue weighted by Gasteiger charge is -2.43. The highest BCUT2D eigenvalue weighted by Crippen LogP contribution is 2.38. The molecule has 0 saturated heterocycles. The molecule has 3 heteroatoms. The van der Waals surface area contributed by atoms with Gasteiger partial charge in [0.25, 0.3) is 0 Å². The van der Waals surface area contributed by atoms with E-state index in [4.69, 9.17) is 9.57 Å². The van der Waals surface area contributed by atoms with Gasteiger partial charge in [-0.2, -0.15) is 0 Å². The molecular formula is C12H21NO2. The van der Waals surface area contributed by atoms with Gasteiger partial charge in [0.1, 0.15) is 11.2 Å². The van der Waals surface area contributed by atoms with Crippen LogP contribution in [0.3, 0.4) is 0 Å². The second-order valence-electron chi connectivity index (χ2n) is 4.38. The van der Waals surface area contributed by atoms with Crippen molar-refractivity contribution in [3.63, 3.8) is 0 Å². The van der Waals surface area contributed by atoms with Crippen molar-refractivity contribution in [2.24, 2.45) is 0 Å². The molecule has 0 aromatic heterocycles. The Hall–Kier alpha value is -0.640. The SMILES string of the molecule is CNOC(C)(C)C(C)(OC)C1=CC=CC1. The average molecular weight is 211 g/mol. The van der Waals surface area contributed by atoms with E-state index in [9.17, 15) is 0 Å². The standard InChI is InChI=1S/C12H21NO2/c1-11(2,15-13-4)12(3,14-5)10-8-6-7-9-10/h6-8,13H,9H2,1-5H3. The molecule has 0 saturated carbocycles. The lowest BCUT2D eigenvalue weighted by Crippen LogP contribution is -2.54. The predicted octanol–water partition coefficient (Wildman–Crippen LogP) is 2.21. The summed E-state index contributed by atoms with van der Waals surface area (Å²) in [5.41, 5.74) is 3.15. The molecule has 0 heterocycles. The summed E-state index contributed by atoms with van der Waals surface area (Å²) >= 11 is 0. The zero-order valence-corrected chi connectivity index (χ0v) is 10.3. The zero-order chi connectivity index (χ0) is 11.5. The van der Waals surface area contributed by atoms with Gasteiger partial charge in [-0.05, 0) is 32.8 Å². The molecule has 1 aliphatic carbocycles. The molecule has 1 N–H and O–H groups in total. The van der Waals surface area contributed by atoms with Crippen LogP contribution in [0.5, 0.6) is 0 Å². The summed E-state index contributed by atoms with van der Waals surface area (Å²) in [7, 11) is 3.49. The quantitative estimate of drug-likeness (QED) is 0.707. The molecule has 1 atom stereocenters. The third-order valence-corrected chi connectivity index (χ3v) is 3.30. The molecule has 15 heavy (non-hydrogen) atoms. The fourth-order valence-electron chi connectivity index (χ4n) is 1.92. The molecule has 0 spiro atoms. The Morgan fingerprint density at radius 3 is 2.40 bits per heavy atom. The van der Waals surface area contributed by atoms with Crippen LogP contribution in [0, 0.1) is 0 Å². The first kappa shape index (κ1) is 12.4. The first-order chi connectivity index (χ1) is 6.98. The van der Waals surface area contributed by atoms with Crippen molar-refractivity contribution in [3.8, 4) is 0 Å². The van der Waals surface area contributed by atoms with Gasteiger partial charge in [-0.15, -0.1) is 0 Å². The number of hydrogen-bond donors (Lipinski definition) is 1. The van der Waals surface area contributed by atoms with Crippen LogP contribution in [0.25, 0.3) is 0 Å². The molecule has 1 unspecified atom stereocenters. The smallest absolute Gasteiger partial charge is 0.117 e. The zero-order valence-electron chi connectivity index (χ0n) is 10.3. The van der Waals surface area contributed by atoms with Crippen molar-refractivity contribution in [1.29, 1.82) is 0 Å². The largest absolute Gasteiger partial charge is 0.371 e. The minimum atomic E-state index is -0.422. The molecule has 0 aromatic rings. The predicted molar refractivity (Wildman–Crippen MR) is 61.5 cm³/mol. The maximum absolute atomic E-state index is 5.67. The van der Waals surface area contributed by atoms with E-state index in [0.717, 1.165) is 6.42 Å². The van der Waals surface area contributed by atoms with Gasteiger partial charge in [-0.1, -0.05) is 18.2 Å². The fourth-order valence-corrected chi connectivity index (χ4v) is 1.92. The Morgan fingerprint density at radius 1 is 1.33 bits per heavy atom. The summed E-state index contributed by atoms with van der Waals surface area (Å²) in [4.78, 5) is 5.55. The molecule has 0 aromatic carbocycles. The number of methoxy groups -OCH3 is 1. The van der Waals surface area contributed by atoms with Crippen LogP contribution >= 0.6 is 0 Å². The summed E-state index contributed by atoms with van der Waals surface area (Å²) < 4.78 is 5.67. The molecule has 86 valence electrons. The van der Waals surface area contributed by atoms with Crippen LogP contribution in [0.4, 0.5) is 0 Å². The Bertz CT molecular complexity index is 281. The normalized spacial score (nSPS) is 20.2. The summed E-state index contributed by atoms with van der Waals surface area (Å²) in [6, 6.07) is 0. The summed E-state index contributed by atoms with van der Waals surface area (Å²) in [6.07, 6.45) is 7.22. The number of nitrogens with one attached hydrogen (secondary N) is 1. The van der Waals surface area contributed by atoms with Gasteiger partial charge < -0.3 is 4.74 Å². The van der Waals surface area contributed by atoms with E-state index in [1.807, 2.05) is 13.8 Å². The third-order valence-electron chi connectivity index (χ3n) is 3.30. The van der Waals surface area contributed by atoms with Gasteiger partial charge in [0.15, 0.2) is 0 Å². The Morgan fingerprint density at radius 2 is 2.00 bits per heavy atom. The van der Waals surface area contributed by atoms with Crippen LogP contribution in [-0.4, -0.2) is 25.4 Å². The van der Waals surface area contributed by atoms with Crippen molar-refractivity contribution >= 4 is 0 Å². The number of hydrogen-bond acceptors (Lipinski definition) is 3. The maximum atomic E-state index is 5.67. The van der Waals surface area contributed by atoms with Gasteiger partial charge >= 0.3 is 0 Å². The van der Waals surface area contributed by atoms with Crippen LogP contribution < -0.4 is 5.48 Å². The molecule has 0 radical (unpaired) electrons. The number of allylic oxidation sites excluding steroid dienone is 3. The monoisotopic (exact) mass is 211 g/mol. The molecule has 1 rings (SSSR count). The number of ether oxygens (including phenoxy) is 1. The Labute approximate surface area is 92.1 Å². The average Bonchev–Trinajstić information content (AvgIpc) is 2.69. The highest BCUT2D eigenvalue weighted by Gasteiger charge is 2.45. The highest BCUT2D eigenvalue weighted by atomic mass is 16.7. The topological polar surface area (TPSA) is 30.5 Å². The second-order valence-corrected chi connectivity index (χ2v) is 4.38. The number of hydroxylamine groups is 1. The van der Waals surface area contributed by atoms with E-state index in [1.165, 1.54) is 5.57 Å². The lowest BCUT2D eigenvalue weighted by atomic mass is 9.80. The van der Waals surface area contributed by atoms with E-state index < -0.39 is 11.2 Å². The van der Waals surface area contributed by atoms with Gasteiger partial charge in [0.05, 0.1) is 0 Å². The number of rotatable bonds is 5. The lowest BCUT2D eigenvalue weighted by molar-refractivity contribution is -0.182. The van der Waals surface area contributed by atoms with Crippen molar-refractivity contribution in [2.45, 2.75) is 38.4 Å². The molecule has 0 bridgehead atoms. The van der Waals surface area contributed by atoms with Gasteiger partial charge in [0.2, 0.25) is 0 Å². The molecule has 0 aliphatic heterocycles. The van der Waals surface area contributed by atoms with Crippen LogP contribution in [0.15, 0.2) is 23.8 Å².